The normalized spacial score (nSPS) is 26.3. The van der Waals surface area contributed by atoms with Crippen molar-refractivity contribution in [1.82, 2.24) is 9.97 Å². The number of halogens is 2. The number of anilines is 1. The van der Waals surface area contributed by atoms with Gasteiger partial charge < -0.3 is 5.32 Å². The highest BCUT2D eigenvalue weighted by Crippen LogP contribution is 2.23. The zero-order valence-electron chi connectivity index (χ0n) is 8.29. The monoisotopic (exact) mass is 273 g/mol. The van der Waals surface area contributed by atoms with Gasteiger partial charge in [-0.2, -0.15) is 0 Å². The standard InChI is InChI=1S/C10H13BrFN3/c11-7-5-13-10(14-6-7)15-9-4-2-1-3-8(9)12/h5-6,8-9H,1-4H2,(H,13,14,15)/t8-,9-/m1/s1. The smallest absolute Gasteiger partial charge is 0.222 e. The fourth-order valence-electron chi connectivity index (χ4n) is 1.80. The van der Waals surface area contributed by atoms with Crippen LogP contribution in [0.3, 0.4) is 0 Å². The minimum Gasteiger partial charge on any atom is -0.349 e. The van der Waals surface area contributed by atoms with Gasteiger partial charge in [0.15, 0.2) is 0 Å². The highest BCUT2D eigenvalue weighted by Gasteiger charge is 2.24. The van der Waals surface area contributed by atoms with Gasteiger partial charge in [-0.05, 0) is 28.8 Å². The van der Waals surface area contributed by atoms with E-state index in [1.165, 1.54) is 0 Å². The van der Waals surface area contributed by atoms with Crippen molar-refractivity contribution in [3.63, 3.8) is 0 Å². The Labute approximate surface area is 96.6 Å². The number of nitrogens with zero attached hydrogens (tertiary/aromatic N) is 2. The highest BCUT2D eigenvalue weighted by atomic mass is 79.9. The quantitative estimate of drug-likeness (QED) is 0.901. The van der Waals surface area contributed by atoms with E-state index in [4.69, 9.17) is 0 Å². The van der Waals surface area contributed by atoms with Gasteiger partial charge in [-0.15, -0.1) is 0 Å². The van der Waals surface area contributed by atoms with Crippen LogP contribution in [0.4, 0.5) is 10.3 Å². The second-order valence-corrected chi connectivity index (χ2v) is 4.69. The molecular formula is C10H13BrFN3. The summed E-state index contributed by atoms with van der Waals surface area (Å²) in [7, 11) is 0. The van der Waals surface area contributed by atoms with E-state index < -0.39 is 6.17 Å². The van der Waals surface area contributed by atoms with Crippen molar-refractivity contribution in [3.8, 4) is 0 Å². The molecule has 1 aliphatic rings. The largest absolute Gasteiger partial charge is 0.349 e. The molecule has 1 saturated carbocycles. The van der Waals surface area contributed by atoms with E-state index in [0.29, 0.717) is 12.4 Å². The van der Waals surface area contributed by atoms with E-state index in [-0.39, 0.29) is 6.04 Å². The molecule has 15 heavy (non-hydrogen) atoms. The third kappa shape index (κ3) is 2.87. The maximum atomic E-state index is 13.5. The Kier molecular flexibility index (Phi) is 3.51. The summed E-state index contributed by atoms with van der Waals surface area (Å²) in [4.78, 5) is 8.14. The summed E-state index contributed by atoms with van der Waals surface area (Å²) in [5, 5.41) is 3.04. The molecule has 0 unspecified atom stereocenters. The second-order valence-electron chi connectivity index (χ2n) is 3.78. The summed E-state index contributed by atoms with van der Waals surface area (Å²) >= 11 is 3.26. The van der Waals surface area contributed by atoms with Gasteiger partial charge in [-0.3, -0.25) is 0 Å². The van der Waals surface area contributed by atoms with Crippen LogP contribution in [0, 0.1) is 0 Å². The summed E-state index contributed by atoms with van der Waals surface area (Å²) in [6.07, 6.45) is 6.12. The summed E-state index contributed by atoms with van der Waals surface area (Å²) in [5.41, 5.74) is 0. The Morgan fingerprint density at radius 3 is 2.60 bits per heavy atom. The SMILES string of the molecule is F[C@@H]1CCCC[C@H]1Nc1ncc(Br)cn1. The van der Waals surface area contributed by atoms with Crippen LogP contribution < -0.4 is 5.32 Å². The van der Waals surface area contributed by atoms with E-state index in [2.05, 4.69) is 31.2 Å². The zero-order valence-corrected chi connectivity index (χ0v) is 9.87. The summed E-state index contributed by atoms with van der Waals surface area (Å²) in [6, 6.07) is -0.125. The van der Waals surface area contributed by atoms with Gasteiger partial charge in [0.25, 0.3) is 0 Å². The van der Waals surface area contributed by atoms with Crippen LogP contribution >= 0.6 is 15.9 Å². The summed E-state index contributed by atoms with van der Waals surface area (Å²) in [5.74, 6) is 0.507. The second kappa shape index (κ2) is 4.88. The number of hydrogen-bond donors (Lipinski definition) is 1. The Bertz CT molecular complexity index is 317. The van der Waals surface area contributed by atoms with E-state index in [0.717, 1.165) is 23.7 Å². The van der Waals surface area contributed by atoms with E-state index in [9.17, 15) is 4.39 Å². The fraction of sp³-hybridized carbons (Fsp3) is 0.600. The molecule has 0 aliphatic heterocycles. The molecule has 5 heteroatoms. The first kappa shape index (κ1) is 10.8. The minimum atomic E-state index is -0.772. The molecular weight excluding hydrogens is 261 g/mol. The molecule has 0 aromatic carbocycles. The van der Waals surface area contributed by atoms with Gasteiger partial charge in [0.2, 0.25) is 5.95 Å². The molecule has 1 aromatic rings. The number of hydrogen-bond acceptors (Lipinski definition) is 3. The van der Waals surface area contributed by atoms with Crippen molar-refractivity contribution in [3.05, 3.63) is 16.9 Å². The van der Waals surface area contributed by atoms with Gasteiger partial charge in [0, 0.05) is 12.4 Å². The lowest BCUT2D eigenvalue weighted by atomic mass is 9.94. The molecule has 0 saturated heterocycles. The Morgan fingerprint density at radius 2 is 1.93 bits per heavy atom. The van der Waals surface area contributed by atoms with Gasteiger partial charge >= 0.3 is 0 Å². The lowest BCUT2D eigenvalue weighted by molar-refractivity contribution is 0.229. The number of aromatic nitrogens is 2. The van der Waals surface area contributed by atoms with E-state index in [1.807, 2.05) is 0 Å². The molecule has 0 radical (unpaired) electrons. The van der Waals surface area contributed by atoms with E-state index >= 15 is 0 Å². The lowest BCUT2D eigenvalue weighted by Gasteiger charge is -2.26. The Hall–Kier alpha value is -0.710. The molecule has 1 aromatic heterocycles. The van der Waals surface area contributed by atoms with Gasteiger partial charge in [-0.1, -0.05) is 12.8 Å². The molecule has 0 spiro atoms. The third-order valence-electron chi connectivity index (χ3n) is 2.62. The maximum absolute atomic E-state index is 13.5. The van der Waals surface area contributed by atoms with Crippen LogP contribution in [0.1, 0.15) is 25.7 Å². The third-order valence-corrected chi connectivity index (χ3v) is 3.03. The number of nitrogens with one attached hydrogen (secondary N) is 1. The van der Waals surface area contributed by atoms with Crippen molar-refractivity contribution in [2.24, 2.45) is 0 Å². The topological polar surface area (TPSA) is 37.8 Å². The lowest BCUT2D eigenvalue weighted by Crippen LogP contribution is -2.34. The minimum absolute atomic E-state index is 0.125. The predicted molar refractivity (Wildman–Crippen MR) is 60.5 cm³/mol. The van der Waals surface area contributed by atoms with Crippen LogP contribution in [-0.2, 0) is 0 Å². The molecule has 82 valence electrons. The first-order valence-electron chi connectivity index (χ1n) is 5.14. The van der Waals surface area contributed by atoms with Crippen LogP contribution in [0.5, 0.6) is 0 Å². The highest BCUT2D eigenvalue weighted by molar-refractivity contribution is 9.10. The van der Waals surface area contributed by atoms with Crippen molar-refractivity contribution in [1.29, 1.82) is 0 Å². The molecule has 1 fully saturated rings. The number of rotatable bonds is 2. The van der Waals surface area contributed by atoms with Crippen molar-refractivity contribution in [2.45, 2.75) is 37.9 Å². The molecule has 2 rings (SSSR count). The van der Waals surface area contributed by atoms with Crippen LogP contribution in [0.2, 0.25) is 0 Å². The molecule has 0 bridgehead atoms. The van der Waals surface area contributed by atoms with Crippen molar-refractivity contribution >= 4 is 21.9 Å². The average molecular weight is 274 g/mol. The Balaban J connectivity index is 1.98. The van der Waals surface area contributed by atoms with Crippen molar-refractivity contribution < 1.29 is 4.39 Å². The molecule has 2 atom stereocenters. The van der Waals surface area contributed by atoms with Crippen molar-refractivity contribution in [2.75, 3.05) is 5.32 Å². The van der Waals surface area contributed by atoms with Gasteiger partial charge in [0.1, 0.15) is 6.17 Å². The predicted octanol–water partition coefficient (Wildman–Crippen LogP) is 2.93. The zero-order chi connectivity index (χ0) is 10.7. The van der Waals surface area contributed by atoms with E-state index in [1.54, 1.807) is 12.4 Å². The molecule has 3 nitrogen and oxygen atoms in total. The molecule has 1 aliphatic carbocycles. The molecule has 1 heterocycles. The first-order chi connectivity index (χ1) is 7.25. The van der Waals surface area contributed by atoms with Crippen LogP contribution in [-0.4, -0.2) is 22.2 Å². The Morgan fingerprint density at radius 1 is 1.27 bits per heavy atom. The van der Waals surface area contributed by atoms with Crippen LogP contribution in [0.15, 0.2) is 16.9 Å². The molecule has 1 N–H and O–H groups in total. The first-order valence-corrected chi connectivity index (χ1v) is 5.93. The maximum Gasteiger partial charge on any atom is 0.222 e. The molecule has 0 amide bonds. The average Bonchev–Trinajstić information content (AvgIpc) is 2.25. The summed E-state index contributed by atoms with van der Waals surface area (Å²) in [6.45, 7) is 0. The van der Waals surface area contributed by atoms with Gasteiger partial charge in [0.05, 0.1) is 10.5 Å². The summed E-state index contributed by atoms with van der Waals surface area (Å²) < 4.78 is 14.3. The van der Waals surface area contributed by atoms with Crippen LogP contribution in [0.25, 0.3) is 0 Å². The van der Waals surface area contributed by atoms with Gasteiger partial charge in [-0.25, -0.2) is 14.4 Å². The number of alkyl halides is 1. The fourth-order valence-corrected chi connectivity index (χ4v) is 2.01.